The molecule has 0 aliphatic rings. The highest BCUT2D eigenvalue weighted by atomic mass is 19.1. The van der Waals surface area contributed by atoms with Crippen molar-refractivity contribution in [1.82, 2.24) is 0 Å². The van der Waals surface area contributed by atoms with E-state index < -0.39 is 0 Å². The SMILES string of the molecule is CCCCc1ccc(-c2ccc3c(F)c(CCc4ccc(C#N)cc4)ccc3c2)cc1. The van der Waals surface area contributed by atoms with Gasteiger partial charge in [0.2, 0.25) is 0 Å². The largest absolute Gasteiger partial charge is 0.206 e. The lowest BCUT2D eigenvalue weighted by atomic mass is 9.96. The summed E-state index contributed by atoms with van der Waals surface area (Å²) in [5.41, 5.74) is 6.12. The highest BCUT2D eigenvalue weighted by molar-refractivity contribution is 5.88. The van der Waals surface area contributed by atoms with Gasteiger partial charge in [0.15, 0.2) is 0 Å². The number of hydrogen-bond donors (Lipinski definition) is 0. The number of nitrogens with zero attached hydrogens (tertiary/aromatic N) is 1. The molecule has 154 valence electrons. The Morgan fingerprint density at radius 3 is 2.13 bits per heavy atom. The molecule has 0 aliphatic carbocycles. The van der Waals surface area contributed by atoms with Gasteiger partial charge in [-0.05, 0) is 77.1 Å². The van der Waals surface area contributed by atoms with Crippen LogP contribution in [0.15, 0.2) is 78.9 Å². The van der Waals surface area contributed by atoms with Crippen LogP contribution in [-0.4, -0.2) is 0 Å². The predicted octanol–water partition coefficient (Wildman–Crippen LogP) is 7.65. The molecule has 0 spiro atoms. The zero-order valence-electron chi connectivity index (χ0n) is 17.9. The van der Waals surface area contributed by atoms with Crippen LogP contribution < -0.4 is 0 Å². The third kappa shape index (κ3) is 4.84. The molecule has 1 nitrogen and oxygen atoms in total. The Kier molecular flexibility index (Phi) is 6.43. The second-order valence-corrected chi connectivity index (χ2v) is 8.08. The first-order valence-corrected chi connectivity index (χ1v) is 11.0. The number of hydrogen-bond acceptors (Lipinski definition) is 1. The molecule has 0 bridgehead atoms. The van der Waals surface area contributed by atoms with E-state index in [1.165, 1.54) is 18.4 Å². The molecule has 4 rings (SSSR count). The van der Waals surface area contributed by atoms with E-state index in [4.69, 9.17) is 5.26 Å². The summed E-state index contributed by atoms with van der Waals surface area (Å²) < 4.78 is 15.2. The number of benzene rings is 4. The molecular formula is C29H26FN. The summed E-state index contributed by atoms with van der Waals surface area (Å²) in [7, 11) is 0. The molecule has 2 heteroatoms. The van der Waals surface area contributed by atoms with E-state index in [9.17, 15) is 0 Å². The molecule has 0 aliphatic heterocycles. The first-order chi connectivity index (χ1) is 15.2. The molecule has 0 unspecified atom stereocenters. The molecule has 0 amide bonds. The number of aryl methyl sites for hydroxylation is 3. The Labute approximate surface area is 183 Å². The maximum atomic E-state index is 15.2. The summed E-state index contributed by atoms with van der Waals surface area (Å²) in [6.07, 6.45) is 4.91. The van der Waals surface area contributed by atoms with Crippen LogP contribution in [-0.2, 0) is 19.3 Å². The van der Waals surface area contributed by atoms with Gasteiger partial charge in [-0.3, -0.25) is 0 Å². The molecule has 0 aromatic heterocycles. The van der Waals surface area contributed by atoms with Crippen molar-refractivity contribution in [3.8, 4) is 17.2 Å². The van der Waals surface area contributed by atoms with Gasteiger partial charge in [0.1, 0.15) is 5.82 Å². The minimum Gasteiger partial charge on any atom is -0.206 e. The van der Waals surface area contributed by atoms with Crippen molar-refractivity contribution in [3.63, 3.8) is 0 Å². The lowest BCUT2D eigenvalue weighted by Crippen LogP contribution is -1.96. The fourth-order valence-electron chi connectivity index (χ4n) is 3.98. The summed E-state index contributed by atoms with van der Waals surface area (Å²) in [5, 5.41) is 10.5. The maximum absolute atomic E-state index is 15.2. The van der Waals surface area contributed by atoms with Crippen molar-refractivity contribution < 1.29 is 4.39 Å². The molecule has 0 heterocycles. The van der Waals surface area contributed by atoms with Gasteiger partial charge >= 0.3 is 0 Å². The van der Waals surface area contributed by atoms with Crippen molar-refractivity contribution in [2.24, 2.45) is 0 Å². The van der Waals surface area contributed by atoms with Crippen LogP contribution in [0.2, 0.25) is 0 Å². The van der Waals surface area contributed by atoms with E-state index >= 15 is 4.39 Å². The predicted molar refractivity (Wildman–Crippen MR) is 127 cm³/mol. The summed E-state index contributed by atoms with van der Waals surface area (Å²) in [5.74, 6) is -0.132. The number of rotatable bonds is 7. The van der Waals surface area contributed by atoms with Crippen LogP contribution in [0.3, 0.4) is 0 Å². The van der Waals surface area contributed by atoms with Gasteiger partial charge in [-0.15, -0.1) is 0 Å². The van der Waals surface area contributed by atoms with Crippen LogP contribution in [0.25, 0.3) is 21.9 Å². The van der Waals surface area contributed by atoms with E-state index in [0.717, 1.165) is 40.5 Å². The van der Waals surface area contributed by atoms with E-state index in [1.54, 1.807) is 0 Å². The van der Waals surface area contributed by atoms with Crippen LogP contribution in [0, 0.1) is 17.1 Å². The highest BCUT2D eigenvalue weighted by Gasteiger charge is 2.09. The smallest absolute Gasteiger partial charge is 0.134 e. The average Bonchev–Trinajstić information content (AvgIpc) is 2.83. The topological polar surface area (TPSA) is 23.8 Å². The van der Waals surface area contributed by atoms with Crippen molar-refractivity contribution in [2.75, 3.05) is 0 Å². The summed E-state index contributed by atoms with van der Waals surface area (Å²) in [6.45, 7) is 2.21. The van der Waals surface area contributed by atoms with Crippen molar-refractivity contribution >= 4 is 10.8 Å². The van der Waals surface area contributed by atoms with Gasteiger partial charge in [-0.25, -0.2) is 4.39 Å². The lowest BCUT2D eigenvalue weighted by Gasteiger charge is -2.10. The van der Waals surface area contributed by atoms with Crippen LogP contribution in [0.1, 0.15) is 42.0 Å². The molecule has 0 radical (unpaired) electrons. The monoisotopic (exact) mass is 407 g/mol. The number of halogens is 1. The third-order valence-corrected chi connectivity index (χ3v) is 5.91. The van der Waals surface area contributed by atoms with Gasteiger partial charge < -0.3 is 0 Å². The van der Waals surface area contributed by atoms with Gasteiger partial charge in [0.05, 0.1) is 11.6 Å². The second kappa shape index (κ2) is 9.58. The molecule has 0 saturated carbocycles. The number of unbranched alkanes of at least 4 members (excludes halogenated alkanes) is 1. The standard InChI is InChI=1S/C29H26FN/c1-2-3-4-21-9-12-24(13-10-21)26-17-18-28-27(19-26)16-15-25(29(28)30)14-11-22-5-7-23(20-31)8-6-22/h5-10,12-13,15-19H,2-4,11,14H2,1H3. The third-order valence-electron chi connectivity index (χ3n) is 5.91. The first-order valence-electron chi connectivity index (χ1n) is 11.0. The Hall–Kier alpha value is -3.44. The van der Waals surface area contributed by atoms with E-state index in [1.807, 2.05) is 48.5 Å². The molecular weight excluding hydrogens is 381 g/mol. The molecule has 4 aromatic carbocycles. The Balaban J connectivity index is 1.52. The quantitative estimate of drug-likeness (QED) is 0.309. The fourth-order valence-corrected chi connectivity index (χ4v) is 3.98. The zero-order chi connectivity index (χ0) is 21.6. The molecule has 0 saturated heterocycles. The number of nitriles is 1. The van der Waals surface area contributed by atoms with E-state index in [-0.39, 0.29) is 5.82 Å². The van der Waals surface area contributed by atoms with Crippen LogP contribution in [0.4, 0.5) is 4.39 Å². The van der Waals surface area contributed by atoms with E-state index in [2.05, 4.69) is 43.3 Å². The molecule has 4 aromatic rings. The number of fused-ring (bicyclic) bond motifs is 1. The Morgan fingerprint density at radius 2 is 1.42 bits per heavy atom. The normalized spacial score (nSPS) is 10.9. The van der Waals surface area contributed by atoms with Gasteiger partial charge in [0, 0.05) is 5.39 Å². The summed E-state index contributed by atoms with van der Waals surface area (Å²) in [6, 6.07) is 28.2. The van der Waals surface area contributed by atoms with E-state index in [0.29, 0.717) is 17.4 Å². The average molecular weight is 408 g/mol. The van der Waals surface area contributed by atoms with Crippen molar-refractivity contribution in [1.29, 1.82) is 5.26 Å². The lowest BCUT2D eigenvalue weighted by molar-refractivity contribution is 0.620. The first kappa shape index (κ1) is 20.8. The van der Waals surface area contributed by atoms with Gasteiger partial charge in [-0.1, -0.05) is 74.0 Å². The molecule has 0 N–H and O–H groups in total. The van der Waals surface area contributed by atoms with Gasteiger partial charge in [-0.2, -0.15) is 5.26 Å². The van der Waals surface area contributed by atoms with Crippen molar-refractivity contribution in [2.45, 2.75) is 39.0 Å². The van der Waals surface area contributed by atoms with Gasteiger partial charge in [0.25, 0.3) is 0 Å². The maximum Gasteiger partial charge on any atom is 0.134 e. The molecule has 0 fully saturated rings. The summed E-state index contributed by atoms with van der Waals surface area (Å²) >= 11 is 0. The van der Waals surface area contributed by atoms with Crippen molar-refractivity contribution in [3.05, 3.63) is 107 Å². The summed E-state index contributed by atoms with van der Waals surface area (Å²) in [4.78, 5) is 0. The minimum absolute atomic E-state index is 0.132. The van der Waals surface area contributed by atoms with Crippen LogP contribution in [0.5, 0.6) is 0 Å². The molecule has 31 heavy (non-hydrogen) atoms. The molecule has 0 atom stereocenters. The zero-order valence-corrected chi connectivity index (χ0v) is 17.9. The fraction of sp³-hybridized carbons (Fsp3) is 0.207. The Bertz CT molecular complexity index is 1210. The minimum atomic E-state index is -0.132. The second-order valence-electron chi connectivity index (χ2n) is 8.08. The van der Waals surface area contributed by atoms with Crippen LogP contribution >= 0.6 is 0 Å². The Morgan fingerprint density at radius 1 is 0.742 bits per heavy atom. The highest BCUT2D eigenvalue weighted by Crippen LogP contribution is 2.28.